The Bertz CT molecular complexity index is 739. The molecule has 0 saturated heterocycles. The van der Waals surface area contributed by atoms with Crippen LogP contribution in [-0.4, -0.2) is 44.4 Å². The van der Waals surface area contributed by atoms with E-state index in [0.29, 0.717) is 23.3 Å². The average molecular weight is 302 g/mol. The number of nitrogens with zero attached hydrogens (tertiary/aromatic N) is 3. The summed E-state index contributed by atoms with van der Waals surface area (Å²) >= 11 is 0. The number of hydrogen-bond donors (Lipinski definition) is 4. The summed E-state index contributed by atoms with van der Waals surface area (Å²) in [7, 11) is 0. The molecule has 0 aromatic carbocycles. The maximum atomic E-state index is 12.0. The third-order valence-electron chi connectivity index (χ3n) is 3.91. The van der Waals surface area contributed by atoms with E-state index in [0.717, 1.165) is 18.4 Å². The highest BCUT2D eigenvalue weighted by Gasteiger charge is 2.57. The van der Waals surface area contributed by atoms with Gasteiger partial charge in [0.2, 0.25) is 17.7 Å². The van der Waals surface area contributed by atoms with Crippen molar-refractivity contribution in [3.05, 3.63) is 18.0 Å². The second-order valence-electron chi connectivity index (χ2n) is 5.30. The van der Waals surface area contributed by atoms with Crippen LogP contribution in [0.4, 0.5) is 17.5 Å². The van der Waals surface area contributed by atoms with Crippen molar-refractivity contribution < 1.29 is 14.6 Å². The first-order valence-corrected chi connectivity index (χ1v) is 6.96. The van der Waals surface area contributed by atoms with Crippen molar-refractivity contribution in [2.75, 3.05) is 23.8 Å². The molecule has 1 saturated carbocycles. The number of aromatic nitrogens is 4. The predicted octanol–water partition coefficient (Wildman–Crippen LogP) is 0.298. The number of carbonyl (C=O) groups is 1. The number of rotatable bonds is 5. The monoisotopic (exact) mass is 302 g/mol. The number of fused-ring (bicyclic) bond motifs is 2. The van der Waals surface area contributed by atoms with Crippen LogP contribution in [0.2, 0.25) is 0 Å². The molecule has 1 aliphatic carbocycles. The largest absolute Gasteiger partial charge is 0.474 e. The summed E-state index contributed by atoms with van der Waals surface area (Å²) in [6, 6.07) is 0. The lowest BCUT2D eigenvalue weighted by Crippen LogP contribution is -2.18. The molecule has 4 rings (SSSR count). The van der Waals surface area contributed by atoms with E-state index in [4.69, 9.17) is 9.84 Å². The first-order valence-electron chi connectivity index (χ1n) is 6.96. The normalized spacial score (nSPS) is 17.2. The van der Waals surface area contributed by atoms with Crippen LogP contribution in [0.1, 0.15) is 18.4 Å². The fraction of sp³-hybridized carbons (Fsp3) is 0.385. The van der Waals surface area contributed by atoms with Gasteiger partial charge in [-0.1, -0.05) is 0 Å². The van der Waals surface area contributed by atoms with E-state index in [2.05, 4.69) is 30.8 Å². The smallest absolute Gasteiger partial charge is 0.236 e. The minimum absolute atomic E-state index is 0.00392. The number of aliphatic hydroxyl groups is 1. The summed E-state index contributed by atoms with van der Waals surface area (Å²) in [5.41, 5.74) is 1.03. The van der Waals surface area contributed by atoms with Gasteiger partial charge >= 0.3 is 0 Å². The molecule has 3 heterocycles. The van der Waals surface area contributed by atoms with Gasteiger partial charge in [0, 0.05) is 11.8 Å². The molecule has 1 amide bonds. The van der Waals surface area contributed by atoms with Crippen molar-refractivity contribution in [3.8, 4) is 5.88 Å². The number of aliphatic hydroxyl groups excluding tert-OH is 1. The number of amides is 1. The molecule has 2 aromatic heterocycles. The zero-order valence-electron chi connectivity index (χ0n) is 11.6. The lowest BCUT2D eigenvalue weighted by atomic mass is 10.0. The van der Waals surface area contributed by atoms with Gasteiger partial charge in [-0.2, -0.15) is 10.1 Å². The second-order valence-corrected chi connectivity index (χ2v) is 5.30. The highest BCUT2D eigenvalue weighted by Crippen LogP contribution is 2.54. The van der Waals surface area contributed by atoms with Crippen LogP contribution >= 0.6 is 0 Å². The minimum Gasteiger partial charge on any atom is -0.474 e. The number of nitrogens with one attached hydrogen (secondary N) is 3. The fourth-order valence-electron chi connectivity index (χ4n) is 2.60. The zero-order valence-corrected chi connectivity index (χ0v) is 11.6. The van der Waals surface area contributed by atoms with Gasteiger partial charge < -0.3 is 20.5 Å². The SMILES string of the molecule is O=C1Nc2nc(Nc3cn[nH]c3OCCO)ncc2C12CC2. The first-order chi connectivity index (χ1) is 10.7. The standard InChI is InChI=1S/C13H14N6O3/c20-3-4-22-10-8(6-15-19-10)16-12-14-5-7-9(18-12)17-11(21)13(7)1-2-13/h5-6,20H,1-4H2,(H,15,19)(H2,14,16,17,18,21). The molecule has 2 aliphatic rings. The Morgan fingerprint density at radius 3 is 3.05 bits per heavy atom. The molecule has 1 aliphatic heterocycles. The van der Waals surface area contributed by atoms with Crippen molar-refractivity contribution in [1.82, 2.24) is 20.2 Å². The number of anilines is 3. The van der Waals surface area contributed by atoms with Crippen molar-refractivity contribution >= 4 is 23.4 Å². The molecule has 2 aromatic rings. The van der Waals surface area contributed by atoms with Crippen LogP contribution in [0.3, 0.4) is 0 Å². The Morgan fingerprint density at radius 1 is 1.41 bits per heavy atom. The number of ether oxygens (including phenoxy) is 1. The molecule has 4 N–H and O–H groups in total. The molecule has 1 spiro atoms. The molecule has 0 radical (unpaired) electrons. The quantitative estimate of drug-likeness (QED) is 0.626. The second kappa shape index (κ2) is 4.67. The van der Waals surface area contributed by atoms with Gasteiger partial charge in [0.05, 0.1) is 18.2 Å². The lowest BCUT2D eigenvalue weighted by Gasteiger charge is -2.07. The minimum atomic E-state index is -0.390. The topological polar surface area (TPSA) is 125 Å². The molecular weight excluding hydrogens is 288 g/mol. The van der Waals surface area contributed by atoms with Gasteiger partial charge in [-0.3, -0.25) is 4.79 Å². The Hall–Kier alpha value is -2.68. The third kappa shape index (κ3) is 1.90. The summed E-state index contributed by atoms with van der Waals surface area (Å²) in [4.78, 5) is 20.5. The van der Waals surface area contributed by atoms with E-state index in [1.807, 2.05) is 0 Å². The summed E-state index contributed by atoms with van der Waals surface area (Å²) in [5, 5.41) is 21.1. The van der Waals surface area contributed by atoms with Gasteiger partial charge in [-0.05, 0) is 12.8 Å². The van der Waals surface area contributed by atoms with Gasteiger partial charge in [0.1, 0.15) is 18.1 Å². The van der Waals surface area contributed by atoms with E-state index >= 15 is 0 Å². The van der Waals surface area contributed by atoms with Gasteiger partial charge in [-0.15, -0.1) is 0 Å². The summed E-state index contributed by atoms with van der Waals surface area (Å²) in [5.74, 6) is 1.29. The molecular formula is C13H14N6O3. The van der Waals surface area contributed by atoms with Crippen molar-refractivity contribution in [2.24, 2.45) is 0 Å². The third-order valence-corrected chi connectivity index (χ3v) is 3.91. The molecule has 0 unspecified atom stereocenters. The maximum absolute atomic E-state index is 12.0. The Balaban J connectivity index is 1.57. The molecule has 114 valence electrons. The van der Waals surface area contributed by atoms with E-state index in [1.54, 1.807) is 6.20 Å². The molecule has 0 atom stereocenters. The molecule has 0 bridgehead atoms. The lowest BCUT2D eigenvalue weighted by molar-refractivity contribution is -0.117. The number of hydrogen-bond acceptors (Lipinski definition) is 7. The van der Waals surface area contributed by atoms with Crippen LogP contribution in [0.5, 0.6) is 5.88 Å². The van der Waals surface area contributed by atoms with Gasteiger partial charge in [-0.25, -0.2) is 10.1 Å². The summed E-state index contributed by atoms with van der Waals surface area (Å²) in [6.45, 7) is 0.0580. The highest BCUT2D eigenvalue weighted by atomic mass is 16.5. The Labute approximate surface area is 125 Å². The first kappa shape index (κ1) is 13.0. The predicted molar refractivity (Wildman–Crippen MR) is 76.0 cm³/mol. The molecule has 22 heavy (non-hydrogen) atoms. The van der Waals surface area contributed by atoms with Crippen LogP contribution < -0.4 is 15.4 Å². The Morgan fingerprint density at radius 2 is 2.27 bits per heavy atom. The highest BCUT2D eigenvalue weighted by molar-refractivity contribution is 6.07. The van der Waals surface area contributed by atoms with Crippen LogP contribution in [-0.2, 0) is 10.2 Å². The maximum Gasteiger partial charge on any atom is 0.236 e. The van der Waals surface area contributed by atoms with E-state index < -0.39 is 0 Å². The van der Waals surface area contributed by atoms with Crippen LogP contribution in [0.15, 0.2) is 12.4 Å². The molecule has 9 nitrogen and oxygen atoms in total. The van der Waals surface area contributed by atoms with Crippen LogP contribution in [0.25, 0.3) is 0 Å². The fourth-order valence-corrected chi connectivity index (χ4v) is 2.60. The van der Waals surface area contributed by atoms with Crippen molar-refractivity contribution in [3.63, 3.8) is 0 Å². The van der Waals surface area contributed by atoms with E-state index in [-0.39, 0.29) is 24.5 Å². The molecule has 9 heteroatoms. The summed E-state index contributed by atoms with van der Waals surface area (Å²) < 4.78 is 5.30. The molecule has 1 fully saturated rings. The number of aromatic amines is 1. The van der Waals surface area contributed by atoms with Crippen molar-refractivity contribution in [1.29, 1.82) is 0 Å². The Kier molecular flexibility index (Phi) is 2.76. The number of carbonyl (C=O) groups excluding carboxylic acids is 1. The van der Waals surface area contributed by atoms with Crippen LogP contribution in [0, 0.1) is 0 Å². The van der Waals surface area contributed by atoms with Crippen molar-refractivity contribution in [2.45, 2.75) is 18.3 Å². The average Bonchev–Trinajstić information content (AvgIpc) is 3.13. The zero-order chi connectivity index (χ0) is 15.2. The summed E-state index contributed by atoms with van der Waals surface area (Å²) in [6.07, 6.45) is 4.92. The van der Waals surface area contributed by atoms with E-state index in [1.165, 1.54) is 6.20 Å². The van der Waals surface area contributed by atoms with E-state index in [9.17, 15) is 4.79 Å². The van der Waals surface area contributed by atoms with Gasteiger partial charge in [0.15, 0.2) is 0 Å². The number of H-pyrrole nitrogens is 1. The van der Waals surface area contributed by atoms with Gasteiger partial charge in [0.25, 0.3) is 0 Å².